The Morgan fingerprint density at radius 3 is 2.67 bits per heavy atom. The third kappa shape index (κ3) is 3.44. The van der Waals surface area contributed by atoms with E-state index in [1.54, 1.807) is 7.11 Å². The first-order valence-electron chi connectivity index (χ1n) is 6.13. The second kappa shape index (κ2) is 6.46. The fourth-order valence-corrected chi connectivity index (χ4v) is 2.45. The minimum atomic E-state index is -0.129. The molecule has 1 fully saturated rings. The molecule has 0 saturated heterocycles. The van der Waals surface area contributed by atoms with Crippen molar-refractivity contribution in [2.24, 2.45) is 0 Å². The summed E-state index contributed by atoms with van der Waals surface area (Å²) in [5, 5.41) is 9.92. The summed E-state index contributed by atoms with van der Waals surface area (Å²) in [6.45, 7) is 6.13. The second-order valence-corrected chi connectivity index (χ2v) is 4.55. The molecule has 0 heterocycles. The van der Waals surface area contributed by atoms with Gasteiger partial charge in [0.05, 0.1) is 12.7 Å². The van der Waals surface area contributed by atoms with Gasteiger partial charge >= 0.3 is 0 Å². The van der Waals surface area contributed by atoms with Crippen LogP contribution in [0.1, 0.15) is 39.5 Å². The lowest BCUT2D eigenvalue weighted by Gasteiger charge is -2.35. The molecule has 90 valence electrons. The van der Waals surface area contributed by atoms with Gasteiger partial charge in [-0.15, -0.1) is 0 Å². The molecular formula is C12H25NO2. The molecule has 1 aliphatic carbocycles. The molecule has 0 bridgehead atoms. The third-order valence-corrected chi connectivity index (χ3v) is 3.58. The van der Waals surface area contributed by atoms with E-state index in [9.17, 15) is 5.11 Å². The number of nitrogens with zero attached hydrogens (tertiary/aromatic N) is 1. The lowest BCUT2D eigenvalue weighted by molar-refractivity contribution is 0.0287. The first-order chi connectivity index (χ1) is 7.20. The van der Waals surface area contributed by atoms with Crippen molar-refractivity contribution in [1.82, 2.24) is 4.90 Å². The topological polar surface area (TPSA) is 32.7 Å². The quantitative estimate of drug-likeness (QED) is 0.731. The molecule has 0 amide bonds. The summed E-state index contributed by atoms with van der Waals surface area (Å²) in [5.41, 5.74) is 0. The Hall–Kier alpha value is -0.120. The highest BCUT2D eigenvalue weighted by Gasteiger charge is 2.32. The highest BCUT2D eigenvalue weighted by molar-refractivity contribution is 4.87. The molecule has 1 saturated carbocycles. The predicted octanol–water partition coefficient (Wildman–Crippen LogP) is 1.65. The van der Waals surface area contributed by atoms with Crippen molar-refractivity contribution in [3.63, 3.8) is 0 Å². The van der Waals surface area contributed by atoms with E-state index in [2.05, 4.69) is 18.7 Å². The van der Waals surface area contributed by atoms with Crippen molar-refractivity contribution in [2.75, 3.05) is 20.3 Å². The van der Waals surface area contributed by atoms with Gasteiger partial charge in [-0.25, -0.2) is 0 Å². The van der Waals surface area contributed by atoms with E-state index >= 15 is 0 Å². The Labute approximate surface area is 93.4 Å². The van der Waals surface area contributed by atoms with Gasteiger partial charge in [0.25, 0.3) is 0 Å². The highest BCUT2D eigenvalue weighted by Crippen LogP contribution is 2.26. The average Bonchev–Trinajstić information content (AvgIpc) is 2.65. The van der Waals surface area contributed by atoms with Crippen molar-refractivity contribution in [2.45, 2.75) is 57.7 Å². The van der Waals surface area contributed by atoms with Crippen LogP contribution >= 0.6 is 0 Å². The summed E-state index contributed by atoms with van der Waals surface area (Å²) in [5.74, 6) is 0. The van der Waals surface area contributed by atoms with Crippen LogP contribution in [-0.2, 0) is 4.74 Å². The lowest BCUT2D eigenvalue weighted by atomic mass is 10.1. The zero-order valence-electron chi connectivity index (χ0n) is 10.3. The van der Waals surface area contributed by atoms with Crippen molar-refractivity contribution < 1.29 is 9.84 Å². The van der Waals surface area contributed by atoms with Crippen LogP contribution in [0.2, 0.25) is 0 Å². The normalized spacial score (nSPS) is 28.6. The van der Waals surface area contributed by atoms with Crippen molar-refractivity contribution in [1.29, 1.82) is 0 Å². The van der Waals surface area contributed by atoms with Crippen molar-refractivity contribution in [3.8, 4) is 0 Å². The highest BCUT2D eigenvalue weighted by atomic mass is 16.5. The largest absolute Gasteiger partial charge is 0.391 e. The monoisotopic (exact) mass is 215 g/mol. The van der Waals surface area contributed by atoms with Crippen LogP contribution in [0.15, 0.2) is 0 Å². The first kappa shape index (κ1) is 12.9. The first-order valence-corrected chi connectivity index (χ1v) is 6.13. The van der Waals surface area contributed by atoms with Crippen LogP contribution in [0.4, 0.5) is 0 Å². The zero-order valence-corrected chi connectivity index (χ0v) is 10.3. The molecule has 0 radical (unpaired) electrons. The Morgan fingerprint density at radius 2 is 2.20 bits per heavy atom. The molecule has 0 aliphatic heterocycles. The predicted molar refractivity (Wildman–Crippen MR) is 62.0 cm³/mol. The maximum Gasteiger partial charge on any atom is 0.0695 e. The molecular weight excluding hydrogens is 190 g/mol. The van der Waals surface area contributed by atoms with E-state index in [4.69, 9.17) is 4.74 Å². The van der Waals surface area contributed by atoms with Gasteiger partial charge in [-0.3, -0.25) is 4.90 Å². The lowest BCUT2D eigenvalue weighted by Crippen LogP contribution is -2.47. The minimum absolute atomic E-state index is 0.129. The summed E-state index contributed by atoms with van der Waals surface area (Å²) >= 11 is 0. The molecule has 0 spiro atoms. The molecule has 3 atom stereocenters. The van der Waals surface area contributed by atoms with E-state index in [1.807, 2.05) is 0 Å². The number of rotatable bonds is 6. The Balaban J connectivity index is 2.53. The Kier molecular flexibility index (Phi) is 5.58. The molecule has 3 unspecified atom stereocenters. The zero-order chi connectivity index (χ0) is 11.3. The molecule has 1 N–H and O–H groups in total. The molecule has 0 aromatic rings. The van der Waals surface area contributed by atoms with Gasteiger partial charge in [0.2, 0.25) is 0 Å². The number of aliphatic hydroxyl groups is 1. The minimum Gasteiger partial charge on any atom is -0.391 e. The maximum atomic E-state index is 9.92. The summed E-state index contributed by atoms with van der Waals surface area (Å²) in [7, 11) is 1.74. The van der Waals surface area contributed by atoms with Crippen LogP contribution < -0.4 is 0 Å². The summed E-state index contributed by atoms with van der Waals surface area (Å²) in [6, 6.07) is 0.896. The Bertz CT molecular complexity index is 175. The van der Waals surface area contributed by atoms with Gasteiger partial charge in [0.15, 0.2) is 0 Å². The summed E-state index contributed by atoms with van der Waals surface area (Å²) in [6.07, 6.45) is 4.26. The van der Waals surface area contributed by atoms with Gasteiger partial charge in [0.1, 0.15) is 0 Å². The molecule has 0 aromatic carbocycles. The van der Waals surface area contributed by atoms with Gasteiger partial charge in [-0.1, -0.05) is 6.92 Å². The van der Waals surface area contributed by atoms with E-state index in [1.165, 1.54) is 0 Å². The van der Waals surface area contributed by atoms with Crippen molar-refractivity contribution in [3.05, 3.63) is 0 Å². The number of hydrogen-bond donors (Lipinski definition) is 1. The molecule has 1 rings (SSSR count). The fraction of sp³-hybridized carbons (Fsp3) is 1.00. The number of aliphatic hydroxyl groups excluding tert-OH is 1. The van der Waals surface area contributed by atoms with Crippen LogP contribution in [0, 0.1) is 0 Å². The standard InChI is InChI=1S/C12H25NO2/c1-4-10(2)13(8-9-15-3)11-6-5-7-12(11)14/h10-12,14H,4-9H2,1-3H3. The van der Waals surface area contributed by atoms with E-state index < -0.39 is 0 Å². The number of methoxy groups -OCH3 is 1. The van der Waals surface area contributed by atoms with Crippen LogP contribution in [0.3, 0.4) is 0 Å². The molecule has 3 nitrogen and oxygen atoms in total. The van der Waals surface area contributed by atoms with Crippen LogP contribution in [0.25, 0.3) is 0 Å². The molecule has 15 heavy (non-hydrogen) atoms. The van der Waals surface area contributed by atoms with Gasteiger partial charge < -0.3 is 9.84 Å². The maximum absolute atomic E-state index is 9.92. The third-order valence-electron chi connectivity index (χ3n) is 3.58. The van der Waals surface area contributed by atoms with Crippen LogP contribution in [0.5, 0.6) is 0 Å². The van der Waals surface area contributed by atoms with Gasteiger partial charge in [0, 0.05) is 25.7 Å². The summed E-state index contributed by atoms with van der Waals surface area (Å²) in [4.78, 5) is 2.42. The number of hydrogen-bond acceptors (Lipinski definition) is 3. The fourth-order valence-electron chi connectivity index (χ4n) is 2.45. The van der Waals surface area contributed by atoms with Gasteiger partial charge in [-0.2, -0.15) is 0 Å². The average molecular weight is 215 g/mol. The SMILES string of the molecule is CCC(C)N(CCOC)C1CCCC1O. The van der Waals surface area contributed by atoms with Crippen LogP contribution in [-0.4, -0.2) is 48.5 Å². The van der Waals surface area contributed by atoms with Crippen molar-refractivity contribution >= 4 is 0 Å². The van der Waals surface area contributed by atoms with E-state index in [-0.39, 0.29) is 6.10 Å². The second-order valence-electron chi connectivity index (χ2n) is 4.55. The molecule has 3 heteroatoms. The Morgan fingerprint density at radius 1 is 1.47 bits per heavy atom. The van der Waals surface area contributed by atoms with Gasteiger partial charge in [-0.05, 0) is 32.6 Å². The molecule has 0 aromatic heterocycles. The number of ether oxygens (including phenoxy) is 1. The van der Waals surface area contributed by atoms with E-state index in [0.29, 0.717) is 12.1 Å². The smallest absolute Gasteiger partial charge is 0.0695 e. The molecule has 1 aliphatic rings. The van der Waals surface area contributed by atoms with E-state index in [0.717, 1.165) is 38.8 Å². The summed E-state index contributed by atoms with van der Waals surface area (Å²) < 4.78 is 5.14.